The van der Waals surface area contributed by atoms with Gasteiger partial charge in [0.15, 0.2) is 0 Å². The maximum Gasteiger partial charge on any atom is 0.373 e. The van der Waals surface area contributed by atoms with Gasteiger partial charge < -0.3 is 9.42 Å². The van der Waals surface area contributed by atoms with Gasteiger partial charge in [0, 0.05) is 6.66 Å². The molecule has 0 heterocycles. The molecule has 0 amide bonds. The summed E-state index contributed by atoms with van der Waals surface area (Å²) in [6, 6.07) is 11.7. The minimum Gasteiger partial charge on any atom is -0.425 e. The Morgan fingerprint density at radius 3 is 2.26 bits per heavy atom. The zero-order chi connectivity index (χ0) is 19.5. The summed E-state index contributed by atoms with van der Waals surface area (Å²) in [4.78, 5) is 9.33. The third-order valence-corrected chi connectivity index (χ3v) is 5.19. The summed E-state index contributed by atoms with van der Waals surface area (Å²) in [5.74, 6) is 0.425. The van der Waals surface area contributed by atoms with E-state index in [1.54, 1.807) is 12.1 Å². The highest BCUT2D eigenvalue weighted by atomic mass is 31.2. The van der Waals surface area contributed by atoms with E-state index in [1.165, 1.54) is 63.6 Å². The molecular formula is C23H33O3P. The lowest BCUT2D eigenvalue weighted by atomic mass is 10.1. The first-order valence-electron chi connectivity index (χ1n) is 10.2. The van der Waals surface area contributed by atoms with Crippen LogP contribution in [-0.4, -0.2) is 11.6 Å². The van der Waals surface area contributed by atoms with Gasteiger partial charge in [-0.15, -0.1) is 0 Å². The third kappa shape index (κ3) is 8.77. The van der Waals surface area contributed by atoms with E-state index in [-0.39, 0.29) is 0 Å². The van der Waals surface area contributed by atoms with E-state index in [0.717, 1.165) is 17.2 Å². The van der Waals surface area contributed by atoms with E-state index in [9.17, 15) is 9.46 Å². The average Bonchev–Trinajstić information content (AvgIpc) is 2.62. The largest absolute Gasteiger partial charge is 0.425 e. The zero-order valence-corrected chi connectivity index (χ0v) is 17.6. The molecule has 1 atom stereocenters. The van der Waals surface area contributed by atoms with Crippen molar-refractivity contribution in [1.29, 1.82) is 0 Å². The fraction of sp³-hybridized carbons (Fsp3) is 0.478. The Morgan fingerprint density at radius 1 is 0.926 bits per heavy atom. The van der Waals surface area contributed by atoms with Crippen LogP contribution < -0.4 is 4.52 Å². The number of rotatable bonds is 12. The van der Waals surface area contributed by atoms with E-state index >= 15 is 0 Å². The van der Waals surface area contributed by atoms with Crippen LogP contribution in [0.4, 0.5) is 0 Å². The fourth-order valence-corrected chi connectivity index (χ4v) is 3.72. The summed E-state index contributed by atoms with van der Waals surface area (Å²) in [6.45, 7) is 3.45. The first-order chi connectivity index (χ1) is 13.0. The van der Waals surface area contributed by atoms with Gasteiger partial charge in [0.25, 0.3) is 0 Å². The van der Waals surface area contributed by atoms with Crippen LogP contribution in [0.5, 0.6) is 5.75 Å². The van der Waals surface area contributed by atoms with Crippen molar-refractivity contribution in [3.8, 4) is 5.75 Å². The normalized spacial score (nSPS) is 13.9. The summed E-state index contributed by atoms with van der Waals surface area (Å²) in [5.41, 5.74) is 1.18. The van der Waals surface area contributed by atoms with Crippen molar-refractivity contribution in [1.82, 2.24) is 0 Å². The Bertz CT molecular complexity index is 776. The van der Waals surface area contributed by atoms with Gasteiger partial charge in [0.05, 0.1) is 0 Å². The highest BCUT2D eigenvalue weighted by molar-refractivity contribution is 7.52. The van der Waals surface area contributed by atoms with Crippen LogP contribution in [0, 0.1) is 0 Å². The lowest BCUT2D eigenvalue weighted by molar-refractivity contribution is 0.388. The summed E-state index contributed by atoms with van der Waals surface area (Å²) in [6.07, 6.45) is 16.4. The molecule has 3 nitrogen and oxygen atoms in total. The Labute approximate surface area is 164 Å². The summed E-state index contributed by atoms with van der Waals surface area (Å²) >= 11 is 0. The Hall–Kier alpha value is -1.57. The molecule has 0 saturated heterocycles. The molecule has 0 aliphatic heterocycles. The first-order valence-corrected chi connectivity index (χ1v) is 12.2. The molecule has 1 unspecified atom stereocenters. The lowest BCUT2D eigenvalue weighted by Crippen LogP contribution is -1.89. The number of hydrogen-bond donors (Lipinski definition) is 1. The van der Waals surface area contributed by atoms with Crippen molar-refractivity contribution >= 4 is 24.4 Å². The Kier molecular flexibility index (Phi) is 9.10. The molecule has 4 heteroatoms. The average molecular weight is 388 g/mol. The van der Waals surface area contributed by atoms with Gasteiger partial charge in [-0.2, -0.15) is 0 Å². The number of fused-ring (bicyclic) bond motifs is 1. The van der Waals surface area contributed by atoms with Crippen LogP contribution in [-0.2, 0) is 4.57 Å². The molecule has 148 valence electrons. The quantitative estimate of drug-likeness (QED) is 0.301. The molecule has 0 saturated carbocycles. The fourth-order valence-electron chi connectivity index (χ4n) is 3.21. The summed E-state index contributed by atoms with van der Waals surface area (Å²) < 4.78 is 16.4. The molecule has 1 N–H and O–H groups in total. The van der Waals surface area contributed by atoms with Crippen molar-refractivity contribution in [3.63, 3.8) is 0 Å². The zero-order valence-electron chi connectivity index (χ0n) is 16.7. The van der Waals surface area contributed by atoms with Crippen LogP contribution in [0.25, 0.3) is 16.8 Å². The minimum atomic E-state index is -3.52. The second kappa shape index (κ2) is 11.3. The van der Waals surface area contributed by atoms with Gasteiger partial charge in [0.1, 0.15) is 5.75 Å². The smallest absolute Gasteiger partial charge is 0.373 e. The van der Waals surface area contributed by atoms with E-state index < -0.39 is 7.60 Å². The van der Waals surface area contributed by atoms with Gasteiger partial charge in [-0.05, 0) is 47.4 Å². The number of unbranched alkanes of at least 4 members (excludes halogenated alkanes) is 8. The molecule has 0 radical (unpaired) electrons. The first kappa shape index (κ1) is 21.7. The maximum absolute atomic E-state index is 11.4. The van der Waals surface area contributed by atoms with Gasteiger partial charge in [-0.1, -0.05) is 82.2 Å². The van der Waals surface area contributed by atoms with E-state index in [2.05, 4.69) is 31.2 Å². The molecule has 27 heavy (non-hydrogen) atoms. The van der Waals surface area contributed by atoms with Crippen molar-refractivity contribution in [2.75, 3.05) is 6.66 Å². The SMILES string of the molecule is CCCCCCCCCCC=Cc1ccc2cc(OP(C)(=O)O)ccc2c1. The minimum absolute atomic E-state index is 0.425. The second-order valence-electron chi connectivity index (χ2n) is 7.33. The van der Waals surface area contributed by atoms with E-state index in [1.807, 2.05) is 12.1 Å². The molecule has 2 aromatic rings. The number of hydrogen-bond acceptors (Lipinski definition) is 2. The summed E-state index contributed by atoms with van der Waals surface area (Å²) in [7, 11) is -3.52. The third-order valence-electron chi connectivity index (χ3n) is 4.65. The van der Waals surface area contributed by atoms with Crippen LogP contribution in [0.15, 0.2) is 42.5 Å². The second-order valence-corrected chi connectivity index (χ2v) is 9.12. The molecular weight excluding hydrogens is 355 g/mol. The molecule has 0 bridgehead atoms. The maximum atomic E-state index is 11.4. The van der Waals surface area contributed by atoms with Crippen LogP contribution in [0.1, 0.15) is 70.3 Å². The van der Waals surface area contributed by atoms with Crippen molar-refractivity contribution < 1.29 is 14.0 Å². The highest BCUT2D eigenvalue weighted by Gasteiger charge is 2.11. The Balaban J connectivity index is 1.77. The molecule has 0 aliphatic rings. The topological polar surface area (TPSA) is 46.5 Å². The lowest BCUT2D eigenvalue weighted by Gasteiger charge is -2.09. The van der Waals surface area contributed by atoms with Crippen molar-refractivity contribution in [3.05, 3.63) is 48.0 Å². The van der Waals surface area contributed by atoms with Gasteiger partial charge >= 0.3 is 7.60 Å². The highest BCUT2D eigenvalue weighted by Crippen LogP contribution is 2.39. The molecule has 0 spiro atoms. The van der Waals surface area contributed by atoms with E-state index in [4.69, 9.17) is 4.52 Å². The van der Waals surface area contributed by atoms with Crippen LogP contribution >= 0.6 is 7.60 Å². The predicted octanol–water partition coefficient (Wildman–Crippen LogP) is 7.58. The molecule has 0 aliphatic carbocycles. The molecule has 2 rings (SSSR count). The Morgan fingerprint density at radius 2 is 1.56 bits per heavy atom. The van der Waals surface area contributed by atoms with Crippen LogP contribution in [0.3, 0.4) is 0 Å². The molecule has 0 fully saturated rings. The number of allylic oxidation sites excluding steroid dienone is 1. The van der Waals surface area contributed by atoms with Gasteiger partial charge in [-0.25, -0.2) is 4.57 Å². The van der Waals surface area contributed by atoms with Crippen LogP contribution in [0.2, 0.25) is 0 Å². The molecule has 2 aromatic carbocycles. The van der Waals surface area contributed by atoms with Crippen molar-refractivity contribution in [2.24, 2.45) is 0 Å². The standard InChI is InChI=1S/C23H33O3P/c1-3-4-5-6-7-8-9-10-11-12-13-20-14-15-22-19-23(26-27(2,24)25)17-16-21(22)18-20/h12-19H,3-11H2,1-2H3,(H,24,25). The predicted molar refractivity (Wildman–Crippen MR) is 117 cm³/mol. The van der Waals surface area contributed by atoms with Gasteiger partial charge in [0.2, 0.25) is 0 Å². The van der Waals surface area contributed by atoms with Crippen molar-refractivity contribution in [2.45, 2.75) is 64.7 Å². The monoisotopic (exact) mass is 388 g/mol. The summed E-state index contributed by atoms with van der Waals surface area (Å²) in [5, 5.41) is 2.10. The molecule has 0 aromatic heterocycles. The number of benzene rings is 2. The van der Waals surface area contributed by atoms with Gasteiger partial charge in [-0.3, -0.25) is 0 Å². The van der Waals surface area contributed by atoms with E-state index in [0.29, 0.717) is 5.75 Å².